The van der Waals surface area contributed by atoms with Gasteiger partial charge in [-0.25, -0.2) is 0 Å². The third-order valence-electron chi connectivity index (χ3n) is 3.17. The molecule has 0 unspecified atom stereocenters. The summed E-state index contributed by atoms with van der Waals surface area (Å²) in [6, 6.07) is 0. The molecule has 1 aliphatic carbocycles. The van der Waals surface area contributed by atoms with Gasteiger partial charge in [-0.2, -0.15) is 0 Å². The van der Waals surface area contributed by atoms with E-state index in [-0.39, 0.29) is 11.2 Å². The maximum atomic E-state index is 5.62. The molecule has 1 saturated heterocycles. The van der Waals surface area contributed by atoms with Gasteiger partial charge in [0.25, 0.3) is 0 Å². The number of methoxy groups -OCH3 is 1. The Kier molecular flexibility index (Phi) is 1.61. The van der Waals surface area contributed by atoms with Crippen LogP contribution in [0.1, 0.15) is 26.7 Å². The number of allylic oxidation sites excluding steroid dienone is 1. The normalized spacial score (nSPS) is 51.4. The molecule has 0 amide bonds. The zero-order valence-corrected chi connectivity index (χ0v) is 7.96. The Balaban J connectivity index is 2.20. The Bertz CT molecular complexity index is 224. The molecule has 1 aliphatic heterocycles. The average molecular weight is 168 g/mol. The highest BCUT2D eigenvalue weighted by Gasteiger charge is 2.67. The van der Waals surface area contributed by atoms with E-state index in [0.717, 1.165) is 12.8 Å². The van der Waals surface area contributed by atoms with Crippen LogP contribution in [0, 0.1) is 0 Å². The molecule has 0 radical (unpaired) electrons. The quantitative estimate of drug-likeness (QED) is 0.464. The smallest absolute Gasteiger partial charge is 0.119 e. The molecule has 0 aromatic rings. The number of rotatable bonds is 2. The standard InChI is InChI=1S/C10H16O2/c1-4-5-10(11-3)7-6-9(2)8(10)12-9/h4-5,8H,6-7H2,1-3H3/b5-4-/t8-,9-,10+/m0/s1. The predicted octanol–water partition coefficient (Wildman–Crippen LogP) is 1.90. The Labute approximate surface area is 73.5 Å². The van der Waals surface area contributed by atoms with Crippen LogP contribution < -0.4 is 0 Å². The fourth-order valence-electron chi connectivity index (χ4n) is 2.35. The van der Waals surface area contributed by atoms with Crippen molar-refractivity contribution >= 4 is 0 Å². The molecule has 2 nitrogen and oxygen atoms in total. The highest BCUT2D eigenvalue weighted by atomic mass is 16.6. The lowest BCUT2D eigenvalue weighted by molar-refractivity contribution is -0.0000380. The Hall–Kier alpha value is -0.340. The van der Waals surface area contributed by atoms with Gasteiger partial charge in [0, 0.05) is 7.11 Å². The molecular weight excluding hydrogens is 152 g/mol. The van der Waals surface area contributed by atoms with E-state index in [1.165, 1.54) is 0 Å². The van der Waals surface area contributed by atoms with Crippen LogP contribution in [0.2, 0.25) is 0 Å². The number of hydrogen-bond donors (Lipinski definition) is 0. The van der Waals surface area contributed by atoms with Crippen LogP contribution in [0.25, 0.3) is 0 Å². The molecule has 2 heteroatoms. The van der Waals surface area contributed by atoms with Crippen LogP contribution in [-0.2, 0) is 9.47 Å². The summed E-state index contributed by atoms with van der Waals surface area (Å²) >= 11 is 0. The van der Waals surface area contributed by atoms with Gasteiger partial charge < -0.3 is 9.47 Å². The second-order valence-corrected chi connectivity index (χ2v) is 3.97. The van der Waals surface area contributed by atoms with Crippen LogP contribution in [-0.4, -0.2) is 24.4 Å². The van der Waals surface area contributed by atoms with E-state index in [1.807, 2.05) is 6.92 Å². The van der Waals surface area contributed by atoms with Crippen molar-refractivity contribution in [2.75, 3.05) is 7.11 Å². The molecule has 2 aliphatic rings. The van der Waals surface area contributed by atoms with Crippen LogP contribution in [0.3, 0.4) is 0 Å². The fraction of sp³-hybridized carbons (Fsp3) is 0.800. The van der Waals surface area contributed by atoms with Crippen LogP contribution in [0.5, 0.6) is 0 Å². The molecule has 12 heavy (non-hydrogen) atoms. The van der Waals surface area contributed by atoms with Crippen LogP contribution in [0.15, 0.2) is 12.2 Å². The van der Waals surface area contributed by atoms with Crippen LogP contribution >= 0.6 is 0 Å². The molecule has 1 heterocycles. The first kappa shape index (κ1) is 8.27. The highest BCUT2D eigenvalue weighted by Crippen LogP contribution is 2.56. The third-order valence-corrected chi connectivity index (χ3v) is 3.17. The molecule has 0 bridgehead atoms. The van der Waals surface area contributed by atoms with E-state index in [4.69, 9.17) is 9.47 Å². The van der Waals surface area contributed by atoms with Gasteiger partial charge >= 0.3 is 0 Å². The summed E-state index contributed by atoms with van der Waals surface area (Å²) in [5, 5.41) is 0. The molecule has 3 atom stereocenters. The van der Waals surface area contributed by atoms with Gasteiger partial charge in [-0.05, 0) is 26.7 Å². The van der Waals surface area contributed by atoms with E-state index >= 15 is 0 Å². The third kappa shape index (κ3) is 0.882. The van der Waals surface area contributed by atoms with Crippen molar-refractivity contribution in [1.82, 2.24) is 0 Å². The summed E-state index contributed by atoms with van der Waals surface area (Å²) in [5.74, 6) is 0. The Morgan fingerprint density at radius 1 is 1.50 bits per heavy atom. The summed E-state index contributed by atoms with van der Waals surface area (Å²) < 4.78 is 11.2. The second kappa shape index (κ2) is 2.33. The summed E-state index contributed by atoms with van der Waals surface area (Å²) in [5.41, 5.74) is -0.000972. The van der Waals surface area contributed by atoms with Crippen molar-refractivity contribution in [1.29, 1.82) is 0 Å². The molecule has 0 spiro atoms. The first-order valence-electron chi connectivity index (χ1n) is 4.54. The first-order valence-corrected chi connectivity index (χ1v) is 4.54. The molecule has 2 fully saturated rings. The largest absolute Gasteiger partial charge is 0.371 e. The van der Waals surface area contributed by atoms with E-state index in [9.17, 15) is 0 Å². The van der Waals surface area contributed by atoms with Gasteiger partial charge in [0.15, 0.2) is 0 Å². The number of epoxide rings is 1. The maximum Gasteiger partial charge on any atom is 0.119 e. The molecular formula is C10H16O2. The monoisotopic (exact) mass is 168 g/mol. The van der Waals surface area contributed by atoms with Crippen molar-refractivity contribution < 1.29 is 9.47 Å². The van der Waals surface area contributed by atoms with Gasteiger partial charge in [-0.15, -0.1) is 0 Å². The molecule has 0 aromatic carbocycles. The van der Waals surface area contributed by atoms with Crippen molar-refractivity contribution in [2.45, 2.75) is 44.0 Å². The minimum atomic E-state index is -0.122. The Morgan fingerprint density at radius 3 is 2.58 bits per heavy atom. The summed E-state index contributed by atoms with van der Waals surface area (Å²) in [4.78, 5) is 0. The second-order valence-electron chi connectivity index (χ2n) is 3.97. The van der Waals surface area contributed by atoms with E-state index < -0.39 is 0 Å². The van der Waals surface area contributed by atoms with Gasteiger partial charge in [0.2, 0.25) is 0 Å². The van der Waals surface area contributed by atoms with Gasteiger partial charge in [0.05, 0.1) is 5.60 Å². The summed E-state index contributed by atoms with van der Waals surface area (Å²) in [6.07, 6.45) is 6.70. The molecule has 0 N–H and O–H groups in total. The maximum absolute atomic E-state index is 5.62. The minimum Gasteiger partial charge on any atom is -0.371 e. The lowest BCUT2D eigenvalue weighted by Crippen LogP contribution is -2.32. The van der Waals surface area contributed by atoms with Crippen molar-refractivity contribution in [2.24, 2.45) is 0 Å². The minimum absolute atomic E-state index is 0.121. The van der Waals surface area contributed by atoms with Crippen molar-refractivity contribution in [3.8, 4) is 0 Å². The SMILES string of the molecule is C/C=C\[C@@]1(OC)CC[C@]2(C)O[C@H]12. The van der Waals surface area contributed by atoms with Gasteiger partial charge in [-0.1, -0.05) is 12.2 Å². The number of ether oxygens (including phenoxy) is 2. The van der Waals surface area contributed by atoms with Crippen LogP contribution in [0.4, 0.5) is 0 Å². The van der Waals surface area contributed by atoms with E-state index in [1.54, 1.807) is 7.11 Å². The number of fused-ring (bicyclic) bond motifs is 1. The molecule has 68 valence electrons. The average Bonchev–Trinajstić information content (AvgIpc) is 2.67. The summed E-state index contributed by atoms with van der Waals surface area (Å²) in [6.45, 7) is 4.20. The molecule has 1 saturated carbocycles. The van der Waals surface area contributed by atoms with Gasteiger partial charge in [-0.3, -0.25) is 0 Å². The Morgan fingerprint density at radius 2 is 2.25 bits per heavy atom. The lowest BCUT2D eigenvalue weighted by atomic mass is 9.99. The fourth-order valence-corrected chi connectivity index (χ4v) is 2.35. The van der Waals surface area contributed by atoms with E-state index in [0.29, 0.717) is 6.10 Å². The van der Waals surface area contributed by atoms with Crippen molar-refractivity contribution in [3.63, 3.8) is 0 Å². The summed E-state index contributed by atoms with van der Waals surface area (Å²) in [7, 11) is 1.77. The predicted molar refractivity (Wildman–Crippen MR) is 47.1 cm³/mol. The van der Waals surface area contributed by atoms with Gasteiger partial charge in [0.1, 0.15) is 11.7 Å². The molecule has 0 aromatic heterocycles. The lowest BCUT2D eigenvalue weighted by Gasteiger charge is -2.23. The topological polar surface area (TPSA) is 21.8 Å². The zero-order chi connectivity index (χ0) is 8.82. The number of hydrogen-bond acceptors (Lipinski definition) is 2. The first-order chi connectivity index (χ1) is 5.67. The van der Waals surface area contributed by atoms with Crippen molar-refractivity contribution in [3.05, 3.63) is 12.2 Å². The highest BCUT2D eigenvalue weighted by molar-refractivity contribution is 5.24. The van der Waals surface area contributed by atoms with E-state index in [2.05, 4.69) is 19.1 Å². The molecule has 2 rings (SSSR count). The zero-order valence-electron chi connectivity index (χ0n) is 7.96.